The van der Waals surface area contributed by atoms with E-state index in [2.05, 4.69) is 6.92 Å². The Bertz CT molecular complexity index is 940. The number of nitrogens with zero attached hydrogens (tertiary/aromatic N) is 1. The van der Waals surface area contributed by atoms with Gasteiger partial charge in [-0.3, -0.25) is 14.1 Å². The second-order valence-electron chi connectivity index (χ2n) is 8.71. The molecule has 3 unspecified atom stereocenters. The summed E-state index contributed by atoms with van der Waals surface area (Å²) in [6.07, 6.45) is 5.29. The van der Waals surface area contributed by atoms with Gasteiger partial charge in [0.15, 0.2) is 0 Å². The highest BCUT2D eigenvalue weighted by molar-refractivity contribution is 7.88. The molecule has 0 aliphatic heterocycles. The van der Waals surface area contributed by atoms with E-state index in [4.69, 9.17) is 0 Å². The molecule has 3 aliphatic carbocycles. The molecule has 28 heavy (non-hydrogen) atoms. The third-order valence-corrected chi connectivity index (χ3v) is 8.29. The molecule has 0 bridgehead atoms. The van der Waals surface area contributed by atoms with Gasteiger partial charge in [0.05, 0.1) is 5.69 Å². The van der Waals surface area contributed by atoms with Crippen LogP contribution < -0.4 is 4.31 Å². The van der Waals surface area contributed by atoms with Crippen LogP contribution in [-0.4, -0.2) is 24.7 Å². The van der Waals surface area contributed by atoms with E-state index in [0.29, 0.717) is 34.3 Å². The normalized spacial score (nSPS) is 31.7. The summed E-state index contributed by atoms with van der Waals surface area (Å²) >= 11 is 0. The number of hydrogen-bond donors (Lipinski definition) is 1. The number of benzene rings is 1. The third-order valence-electron chi connectivity index (χ3n) is 7.41. The SMILES string of the molecule is CCC(=O)N(c1ccc2c(c1)CCC1C2CC[C@]2(C)C(=O)CCC12)S(=O)(=O)O. The molecule has 0 heterocycles. The lowest BCUT2D eigenvalue weighted by Crippen LogP contribution is -2.42. The average molecular weight is 406 g/mol. The predicted octanol–water partition coefficient (Wildman–Crippen LogP) is 3.66. The molecule has 4 rings (SSSR count). The van der Waals surface area contributed by atoms with Crippen molar-refractivity contribution in [3.05, 3.63) is 29.3 Å². The maximum atomic E-state index is 12.4. The molecule has 4 atom stereocenters. The molecule has 0 aromatic heterocycles. The van der Waals surface area contributed by atoms with Gasteiger partial charge in [0, 0.05) is 18.3 Å². The molecule has 6 nitrogen and oxygen atoms in total. The molecule has 0 radical (unpaired) electrons. The summed E-state index contributed by atoms with van der Waals surface area (Å²) in [7, 11) is -4.66. The fourth-order valence-electron chi connectivity index (χ4n) is 6.02. The van der Waals surface area contributed by atoms with E-state index < -0.39 is 16.2 Å². The van der Waals surface area contributed by atoms with Gasteiger partial charge in [-0.2, -0.15) is 12.7 Å². The standard InChI is InChI=1S/C21H27NO5S/c1-3-20(24)22(28(25,26)27)14-5-7-15-13(12-14)4-6-17-16(15)10-11-21(2)18(17)8-9-19(21)23/h5,7,12,16-18H,3-4,6,8-11H2,1-2H3,(H,25,26,27)/t16?,17?,18?,21-/m0/s1. The molecule has 0 spiro atoms. The second kappa shape index (κ2) is 6.66. The van der Waals surface area contributed by atoms with Crippen LogP contribution in [0.1, 0.15) is 69.4 Å². The van der Waals surface area contributed by atoms with E-state index in [1.165, 1.54) is 5.56 Å². The Morgan fingerprint density at radius 1 is 1.25 bits per heavy atom. The summed E-state index contributed by atoms with van der Waals surface area (Å²) in [6.45, 7) is 3.70. The minimum Gasteiger partial charge on any atom is -0.299 e. The first-order valence-electron chi connectivity index (χ1n) is 10.1. The Morgan fingerprint density at radius 2 is 2.00 bits per heavy atom. The second-order valence-corrected chi connectivity index (χ2v) is 9.97. The van der Waals surface area contributed by atoms with E-state index in [-0.39, 0.29) is 17.5 Å². The first kappa shape index (κ1) is 19.6. The highest BCUT2D eigenvalue weighted by atomic mass is 32.2. The fourth-order valence-corrected chi connectivity index (χ4v) is 6.78. The zero-order valence-corrected chi connectivity index (χ0v) is 17.2. The van der Waals surface area contributed by atoms with Gasteiger partial charge in [0.1, 0.15) is 5.78 Å². The van der Waals surface area contributed by atoms with E-state index in [0.717, 1.165) is 37.7 Å². The summed E-state index contributed by atoms with van der Waals surface area (Å²) in [5.41, 5.74) is 2.28. The molecule has 2 saturated carbocycles. The lowest BCUT2D eigenvalue weighted by atomic mass is 9.55. The summed E-state index contributed by atoms with van der Waals surface area (Å²) in [5.74, 6) is 1.05. The maximum absolute atomic E-state index is 12.4. The van der Waals surface area contributed by atoms with Gasteiger partial charge in [-0.1, -0.05) is 19.9 Å². The maximum Gasteiger partial charge on any atom is 0.366 e. The number of fused-ring (bicyclic) bond motifs is 5. The van der Waals surface area contributed by atoms with Crippen molar-refractivity contribution >= 4 is 27.7 Å². The minimum atomic E-state index is -4.66. The minimum absolute atomic E-state index is 0.0180. The zero-order chi connectivity index (χ0) is 20.3. The number of carbonyl (C=O) groups excluding carboxylic acids is 2. The molecule has 1 aromatic carbocycles. The number of amides is 1. The van der Waals surface area contributed by atoms with E-state index in [1.54, 1.807) is 19.1 Å². The first-order valence-corrected chi connectivity index (χ1v) is 11.5. The number of hydrogen-bond acceptors (Lipinski definition) is 4. The highest BCUT2D eigenvalue weighted by Crippen LogP contribution is 2.59. The fraction of sp³-hybridized carbons (Fsp3) is 0.619. The van der Waals surface area contributed by atoms with Gasteiger partial charge in [0.2, 0.25) is 5.91 Å². The van der Waals surface area contributed by atoms with Gasteiger partial charge < -0.3 is 0 Å². The monoisotopic (exact) mass is 405 g/mol. The molecule has 2 fully saturated rings. The quantitative estimate of drug-likeness (QED) is 0.775. The summed E-state index contributed by atoms with van der Waals surface area (Å²) in [5, 5.41) is 0. The number of carbonyl (C=O) groups is 2. The number of ketones is 1. The Kier molecular flexibility index (Phi) is 4.66. The van der Waals surface area contributed by atoms with Crippen molar-refractivity contribution in [2.75, 3.05) is 4.31 Å². The Labute approximate surface area is 166 Å². The molecular weight excluding hydrogens is 378 g/mol. The van der Waals surface area contributed by atoms with Gasteiger partial charge in [0.25, 0.3) is 0 Å². The lowest BCUT2D eigenvalue weighted by Gasteiger charge is -2.48. The Morgan fingerprint density at radius 3 is 2.68 bits per heavy atom. The molecule has 1 N–H and O–H groups in total. The van der Waals surface area contributed by atoms with Crippen LogP contribution in [-0.2, 0) is 26.3 Å². The van der Waals surface area contributed by atoms with Crippen LogP contribution in [0, 0.1) is 17.3 Å². The predicted molar refractivity (Wildman–Crippen MR) is 105 cm³/mol. The highest BCUT2D eigenvalue weighted by Gasteiger charge is 2.54. The number of Topliss-reactive ketones (excluding diaryl/α,β-unsaturated/α-hetero) is 1. The molecule has 3 aliphatic rings. The Balaban J connectivity index is 1.68. The van der Waals surface area contributed by atoms with Crippen LogP contribution in [0.25, 0.3) is 0 Å². The van der Waals surface area contributed by atoms with Crippen molar-refractivity contribution in [2.45, 2.75) is 64.7 Å². The van der Waals surface area contributed by atoms with E-state index in [9.17, 15) is 22.6 Å². The summed E-state index contributed by atoms with van der Waals surface area (Å²) < 4.78 is 33.5. The van der Waals surface area contributed by atoms with Gasteiger partial charge in [-0.15, -0.1) is 0 Å². The van der Waals surface area contributed by atoms with E-state index >= 15 is 0 Å². The smallest absolute Gasteiger partial charge is 0.299 e. The van der Waals surface area contributed by atoms with Crippen molar-refractivity contribution in [1.29, 1.82) is 0 Å². The average Bonchev–Trinajstić information content (AvgIpc) is 2.95. The van der Waals surface area contributed by atoms with Crippen LogP contribution in [0.3, 0.4) is 0 Å². The molecule has 0 saturated heterocycles. The lowest BCUT2D eigenvalue weighted by molar-refractivity contribution is -0.129. The van der Waals surface area contributed by atoms with Crippen molar-refractivity contribution in [3.63, 3.8) is 0 Å². The molecule has 1 amide bonds. The van der Waals surface area contributed by atoms with Crippen LogP contribution in [0.15, 0.2) is 18.2 Å². The summed E-state index contributed by atoms with van der Waals surface area (Å²) in [6, 6.07) is 5.28. The molecular formula is C21H27NO5S. The number of anilines is 1. The molecule has 7 heteroatoms. The van der Waals surface area contributed by atoms with Crippen molar-refractivity contribution in [2.24, 2.45) is 17.3 Å². The van der Waals surface area contributed by atoms with Crippen LogP contribution in [0.2, 0.25) is 0 Å². The summed E-state index contributed by atoms with van der Waals surface area (Å²) in [4.78, 5) is 24.5. The third kappa shape index (κ3) is 2.90. The van der Waals surface area contributed by atoms with Gasteiger partial charge in [-0.05, 0) is 73.1 Å². The van der Waals surface area contributed by atoms with Crippen LogP contribution >= 0.6 is 0 Å². The Hall–Kier alpha value is -1.73. The largest absolute Gasteiger partial charge is 0.366 e. The van der Waals surface area contributed by atoms with Crippen molar-refractivity contribution in [1.82, 2.24) is 0 Å². The van der Waals surface area contributed by atoms with Crippen LogP contribution in [0.4, 0.5) is 5.69 Å². The van der Waals surface area contributed by atoms with Crippen molar-refractivity contribution < 1.29 is 22.6 Å². The van der Waals surface area contributed by atoms with Gasteiger partial charge in [-0.25, -0.2) is 0 Å². The number of aryl methyl sites for hydroxylation is 1. The topological polar surface area (TPSA) is 91.8 Å². The molecule has 152 valence electrons. The first-order chi connectivity index (χ1) is 13.2. The van der Waals surface area contributed by atoms with Crippen molar-refractivity contribution in [3.8, 4) is 0 Å². The van der Waals surface area contributed by atoms with Crippen LogP contribution in [0.5, 0.6) is 0 Å². The number of rotatable bonds is 3. The van der Waals surface area contributed by atoms with Gasteiger partial charge >= 0.3 is 10.3 Å². The van der Waals surface area contributed by atoms with E-state index in [1.807, 2.05) is 6.07 Å². The zero-order valence-electron chi connectivity index (χ0n) is 16.3. The molecule has 1 aromatic rings.